The highest BCUT2D eigenvalue weighted by atomic mass is 35.5. The van der Waals surface area contributed by atoms with Gasteiger partial charge in [-0.2, -0.15) is 0 Å². The van der Waals surface area contributed by atoms with Gasteiger partial charge < -0.3 is 10.2 Å². The number of aliphatic hydroxyl groups excluding tert-OH is 2. The van der Waals surface area contributed by atoms with E-state index in [2.05, 4.69) is 4.98 Å². The number of halogens is 3. The van der Waals surface area contributed by atoms with E-state index in [1.54, 1.807) is 36.5 Å². The highest BCUT2D eigenvalue weighted by Crippen LogP contribution is 2.40. The third kappa shape index (κ3) is 4.36. The highest BCUT2D eigenvalue weighted by molar-refractivity contribution is 6.35. The summed E-state index contributed by atoms with van der Waals surface area (Å²) >= 11 is 12.4. The molecular formula is C22H18Cl2FNO2. The molecule has 2 aromatic carbocycles. The molecule has 0 aliphatic rings. The van der Waals surface area contributed by atoms with Gasteiger partial charge >= 0.3 is 0 Å². The molecule has 0 spiro atoms. The molecule has 144 valence electrons. The van der Waals surface area contributed by atoms with Gasteiger partial charge in [0.05, 0.1) is 0 Å². The maximum absolute atomic E-state index is 13.3. The maximum Gasteiger partial charge on any atom is 0.125 e. The molecule has 1 heterocycles. The lowest BCUT2D eigenvalue weighted by Crippen LogP contribution is -2.12. The summed E-state index contributed by atoms with van der Waals surface area (Å²) in [4.78, 5) is 4.04. The Kier molecular flexibility index (Phi) is 6.35. The van der Waals surface area contributed by atoms with Crippen molar-refractivity contribution in [2.45, 2.75) is 18.9 Å². The van der Waals surface area contributed by atoms with Crippen LogP contribution in [0.2, 0.25) is 10.0 Å². The molecule has 6 heteroatoms. The number of aromatic nitrogens is 1. The van der Waals surface area contributed by atoms with Crippen molar-refractivity contribution in [2.75, 3.05) is 0 Å². The van der Waals surface area contributed by atoms with Crippen LogP contribution in [-0.4, -0.2) is 15.2 Å². The fraction of sp³-hybridized carbons (Fsp3) is 0.136. The minimum Gasteiger partial charge on any atom is -0.507 e. The molecule has 2 atom stereocenters. The van der Waals surface area contributed by atoms with Crippen molar-refractivity contribution in [1.82, 2.24) is 4.98 Å². The summed E-state index contributed by atoms with van der Waals surface area (Å²) in [6, 6.07) is 13.9. The molecular weight excluding hydrogens is 400 g/mol. The number of pyridine rings is 1. The van der Waals surface area contributed by atoms with Gasteiger partial charge in [0.15, 0.2) is 0 Å². The van der Waals surface area contributed by atoms with E-state index in [1.807, 2.05) is 6.92 Å². The zero-order valence-corrected chi connectivity index (χ0v) is 16.5. The van der Waals surface area contributed by atoms with Crippen LogP contribution in [0.1, 0.15) is 35.6 Å². The lowest BCUT2D eigenvalue weighted by molar-refractivity contribution is 0.205. The van der Waals surface area contributed by atoms with Gasteiger partial charge in [0.1, 0.15) is 17.7 Å². The second kappa shape index (κ2) is 8.74. The first-order valence-corrected chi connectivity index (χ1v) is 9.36. The number of nitrogens with zero attached hydrogens (tertiary/aromatic N) is 1. The third-order valence-corrected chi connectivity index (χ3v) is 5.14. The Hall–Kier alpha value is -2.40. The van der Waals surface area contributed by atoms with Crippen LogP contribution in [0.5, 0.6) is 0 Å². The quantitative estimate of drug-likeness (QED) is 0.476. The largest absolute Gasteiger partial charge is 0.507 e. The Labute approximate surface area is 172 Å². The number of aliphatic hydroxyl groups is 2. The first kappa shape index (κ1) is 20.3. The smallest absolute Gasteiger partial charge is 0.125 e. The van der Waals surface area contributed by atoms with Gasteiger partial charge in [0.25, 0.3) is 0 Å². The van der Waals surface area contributed by atoms with Crippen LogP contribution in [-0.2, 0) is 0 Å². The molecule has 0 radical (unpaired) electrons. The SMILES string of the molecule is CC(/C(=C(\O)c1ccc(F)cc1)C(O)c1cccnc1)c1ccc(Cl)cc1Cl. The number of benzene rings is 2. The Bertz CT molecular complexity index is 991. The van der Waals surface area contributed by atoms with Crippen LogP contribution in [0, 0.1) is 5.82 Å². The van der Waals surface area contributed by atoms with Gasteiger partial charge in [-0.3, -0.25) is 4.98 Å². The lowest BCUT2D eigenvalue weighted by atomic mass is 9.85. The van der Waals surface area contributed by atoms with Crippen LogP contribution in [0.15, 0.2) is 72.6 Å². The fourth-order valence-corrected chi connectivity index (χ4v) is 3.66. The van der Waals surface area contributed by atoms with Gasteiger partial charge in [-0.1, -0.05) is 42.3 Å². The second-order valence-corrected chi connectivity index (χ2v) is 7.23. The molecule has 3 rings (SSSR count). The summed E-state index contributed by atoms with van der Waals surface area (Å²) in [5.41, 5.74) is 1.92. The molecule has 0 fully saturated rings. The normalized spacial score (nSPS) is 14.3. The zero-order valence-electron chi connectivity index (χ0n) is 15.0. The molecule has 2 unspecified atom stereocenters. The van der Waals surface area contributed by atoms with Crippen LogP contribution < -0.4 is 0 Å². The maximum atomic E-state index is 13.3. The molecule has 3 nitrogen and oxygen atoms in total. The highest BCUT2D eigenvalue weighted by Gasteiger charge is 2.27. The fourth-order valence-electron chi connectivity index (χ4n) is 3.08. The van der Waals surface area contributed by atoms with Crippen molar-refractivity contribution in [3.63, 3.8) is 0 Å². The summed E-state index contributed by atoms with van der Waals surface area (Å²) in [5, 5.41) is 22.9. The van der Waals surface area contributed by atoms with E-state index in [4.69, 9.17) is 23.2 Å². The number of hydrogen-bond donors (Lipinski definition) is 2. The summed E-state index contributed by atoms with van der Waals surface area (Å²) in [7, 11) is 0. The van der Waals surface area contributed by atoms with Gasteiger partial charge in [0, 0.05) is 45.1 Å². The topological polar surface area (TPSA) is 53.4 Å². The summed E-state index contributed by atoms with van der Waals surface area (Å²) in [6.07, 6.45) is 1.98. The molecule has 1 aromatic heterocycles. The van der Waals surface area contributed by atoms with E-state index < -0.39 is 17.8 Å². The van der Waals surface area contributed by atoms with E-state index >= 15 is 0 Å². The predicted octanol–water partition coefficient (Wildman–Crippen LogP) is 6.33. The number of hydrogen-bond acceptors (Lipinski definition) is 3. The van der Waals surface area contributed by atoms with Crippen molar-refractivity contribution >= 4 is 29.0 Å². The molecule has 0 aliphatic carbocycles. The van der Waals surface area contributed by atoms with Crippen molar-refractivity contribution in [3.8, 4) is 0 Å². The molecule has 2 N–H and O–H groups in total. The van der Waals surface area contributed by atoms with Gasteiger partial charge in [-0.25, -0.2) is 4.39 Å². The summed E-state index contributed by atoms with van der Waals surface area (Å²) in [6.45, 7) is 1.82. The minimum absolute atomic E-state index is 0.144. The van der Waals surface area contributed by atoms with Crippen LogP contribution in [0.3, 0.4) is 0 Å². The summed E-state index contributed by atoms with van der Waals surface area (Å²) < 4.78 is 13.3. The van der Waals surface area contributed by atoms with Crippen molar-refractivity contribution in [2.24, 2.45) is 0 Å². The van der Waals surface area contributed by atoms with Crippen LogP contribution in [0.4, 0.5) is 4.39 Å². The zero-order chi connectivity index (χ0) is 20.3. The molecule has 0 bridgehead atoms. The lowest BCUT2D eigenvalue weighted by Gasteiger charge is -2.24. The first-order chi connectivity index (χ1) is 13.4. The Balaban J connectivity index is 2.16. The number of rotatable bonds is 5. The Morgan fingerprint density at radius 2 is 1.79 bits per heavy atom. The van der Waals surface area contributed by atoms with Gasteiger partial charge in [0.2, 0.25) is 0 Å². The van der Waals surface area contributed by atoms with Crippen LogP contribution in [0.25, 0.3) is 5.76 Å². The predicted molar refractivity (Wildman–Crippen MR) is 110 cm³/mol. The van der Waals surface area contributed by atoms with E-state index in [9.17, 15) is 14.6 Å². The average Bonchev–Trinajstić information content (AvgIpc) is 2.69. The third-order valence-electron chi connectivity index (χ3n) is 4.58. The van der Waals surface area contributed by atoms with E-state index in [0.29, 0.717) is 32.3 Å². The summed E-state index contributed by atoms with van der Waals surface area (Å²) in [5.74, 6) is -1.01. The van der Waals surface area contributed by atoms with Crippen molar-refractivity contribution in [3.05, 3.63) is 105 Å². The molecule has 0 aliphatic heterocycles. The van der Waals surface area contributed by atoms with Crippen molar-refractivity contribution < 1.29 is 14.6 Å². The Morgan fingerprint density at radius 1 is 1.07 bits per heavy atom. The van der Waals surface area contributed by atoms with E-state index in [1.165, 1.54) is 30.5 Å². The Morgan fingerprint density at radius 3 is 2.39 bits per heavy atom. The van der Waals surface area contributed by atoms with Gasteiger partial charge in [-0.15, -0.1) is 0 Å². The van der Waals surface area contributed by atoms with E-state index in [-0.39, 0.29) is 5.76 Å². The molecule has 28 heavy (non-hydrogen) atoms. The standard InChI is InChI=1S/C22H18Cl2FNO2/c1-13(18-9-6-16(23)11-19(18)24)20(22(28)15-3-2-10-26-12-15)21(27)14-4-7-17(25)8-5-14/h2-13,22,27-28H,1H3/b21-20+. The molecule has 0 saturated carbocycles. The van der Waals surface area contributed by atoms with Gasteiger partial charge in [-0.05, 0) is 48.0 Å². The molecule has 0 saturated heterocycles. The molecule has 3 aromatic rings. The average molecular weight is 418 g/mol. The van der Waals surface area contributed by atoms with Crippen LogP contribution >= 0.6 is 23.2 Å². The molecule has 0 amide bonds. The monoisotopic (exact) mass is 417 g/mol. The van der Waals surface area contributed by atoms with Crippen molar-refractivity contribution in [1.29, 1.82) is 0 Å². The van der Waals surface area contributed by atoms with E-state index in [0.717, 1.165) is 0 Å². The first-order valence-electron chi connectivity index (χ1n) is 8.60. The minimum atomic E-state index is -1.14. The second-order valence-electron chi connectivity index (χ2n) is 6.39.